The second-order valence-corrected chi connectivity index (χ2v) is 5.40. The predicted octanol–water partition coefficient (Wildman–Crippen LogP) is 4.60. The van der Waals surface area contributed by atoms with E-state index < -0.39 is 0 Å². The number of hydrogen-bond acceptors (Lipinski definition) is 4. The normalized spacial score (nSPS) is 10.6. The van der Waals surface area contributed by atoms with Crippen LogP contribution in [0.15, 0.2) is 48.5 Å². The molecule has 122 valence electrons. The van der Waals surface area contributed by atoms with Gasteiger partial charge >= 0.3 is 5.97 Å². The Hall–Kier alpha value is -2.95. The third-order valence-electron chi connectivity index (χ3n) is 3.57. The first kappa shape index (κ1) is 15.9. The monoisotopic (exact) mass is 324 g/mol. The van der Waals surface area contributed by atoms with Gasteiger partial charge in [0.1, 0.15) is 5.82 Å². The maximum Gasteiger partial charge on any atom is 0.338 e. The SMILES string of the molecule is CCOC(=O)c1ccc(Nc2cc(C)nc3ccc(F)cc23)cc1. The van der Waals surface area contributed by atoms with Crippen LogP contribution in [0.2, 0.25) is 0 Å². The van der Waals surface area contributed by atoms with E-state index in [0.717, 1.165) is 22.6 Å². The highest BCUT2D eigenvalue weighted by molar-refractivity contribution is 5.94. The van der Waals surface area contributed by atoms with E-state index in [2.05, 4.69) is 10.3 Å². The van der Waals surface area contributed by atoms with Crippen LogP contribution in [0.5, 0.6) is 0 Å². The van der Waals surface area contributed by atoms with Crippen molar-refractivity contribution in [3.05, 3.63) is 65.6 Å². The molecule has 1 N–H and O–H groups in total. The number of hydrogen-bond donors (Lipinski definition) is 1. The van der Waals surface area contributed by atoms with Crippen molar-refractivity contribution in [1.82, 2.24) is 4.98 Å². The lowest BCUT2D eigenvalue weighted by molar-refractivity contribution is 0.0526. The molecule has 24 heavy (non-hydrogen) atoms. The van der Waals surface area contributed by atoms with Gasteiger partial charge in [0.2, 0.25) is 0 Å². The molecule has 1 heterocycles. The van der Waals surface area contributed by atoms with E-state index in [1.54, 1.807) is 37.3 Å². The summed E-state index contributed by atoms with van der Waals surface area (Å²) >= 11 is 0. The molecule has 0 amide bonds. The van der Waals surface area contributed by atoms with Gasteiger partial charge in [0.05, 0.1) is 17.7 Å². The van der Waals surface area contributed by atoms with Crippen LogP contribution in [0, 0.1) is 12.7 Å². The van der Waals surface area contributed by atoms with Gasteiger partial charge in [0.25, 0.3) is 0 Å². The number of aryl methyl sites for hydroxylation is 1. The molecule has 4 nitrogen and oxygen atoms in total. The maximum atomic E-state index is 13.6. The number of halogens is 1. The smallest absolute Gasteiger partial charge is 0.338 e. The van der Waals surface area contributed by atoms with E-state index in [4.69, 9.17) is 4.74 Å². The number of rotatable bonds is 4. The van der Waals surface area contributed by atoms with Gasteiger partial charge in [0.15, 0.2) is 0 Å². The van der Waals surface area contributed by atoms with Gasteiger partial charge in [-0.25, -0.2) is 9.18 Å². The Kier molecular flexibility index (Phi) is 4.42. The highest BCUT2D eigenvalue weighted by Gasteiger charge is 2.08. The lowest BCUT2D eigenvalue weighted by Gasteiger charge is -2.11. The number of nitrogens with one attached hydrogen (secondary N) is 1. The molecule has 0 aliphatic rings. The standard InChI is InChI=1S/C19H17FN2O2/c1-3-24-19(23)13-4-7-15(8-5-13)22-18-10-12(2)21-17-9-6-14(20)11-16(17)18/h4-11H,3H2,1-2H3,(H,21,22). The molecule has 0 radical (unpaired) electrons. The van der Waals surface area contributed by atoms with Crippen molar-refractivity contribution in [2.45, 2.75) is 13.8 Å². The average Bonchev–Trinajstić information content (AvgIpc) is 2.56. The molecule has 1 aromatic heterocycles. The zero-order valence-electron chi connectivity index (χ0n) is 13.5. The summed E-state index contributed by atoms with van der Waals surface area (Å²) in [5.74, 6) is -0.662. The average molecular weight is 324 g/mol. The van der Waals surface area contributed by atoms with Gasteiger partial charge in [0, 0.05) is 22.5 Å². The van der Waals surface area contributed by atoms with E-state index in [-0.39, 0.29) is 11.8 Å². The Morgan fingerprint density at radius 2 is 1.92 bits per heavy atom. The van der Waals surface area contributed by atoms with Crippen molar-refractivity contribution in [3.63, 3.8) is 0 Å². The zero-order chi connectivity index (χ0) is 17.1. The molecule has 0 saturated carbocycles. The van der Waals surface area contributed by atoms with Gasteiger partial charge in [-0.15, -0.1) is 0 Å². The van der Waals surface area contributed by atoms with Crippen molar-refractivity contribution < 1.29 is 13.9 Å². The summed E-state index contributed by atoms with van der Waals surface area (Å²) in [5.41, 5.74) is 3.60. The lowest BCUT2D eigenvalue weighted by atomic mass is 10.1. The molecule has 0 spiro atoms. The molecule has 3 aromatic rings. The van der Waals surface area contributed by atoms with E-state index >= 15 is 0 Å². The Balaban J connectivity index is 1.92. The number of carbonyl (C=O) groups is 1. The van der Waals surface area contributed by atoms with Crippen molar-refractivity contribution in [2.24, 2.45) is 0 Å². The minimum Gasteiger partial charge on any atom is -0.462 e. The van der Waals surface area contributed by atoms with Gasteiger partial charge in [-0.3, -0.25) is 4.98 Å². The second kappa shape index (κ2) is 6.66. The zero-order valence-corrected chi connectivity index (χ0v) is 13.5. The quantitative estimate of drug-likeness (QED) is 0.712. The summed E-state index contributed by atoms with van der Waals surface area (Å²) in [7, 11) is 0. The number of aromatic nitrogens is 1. The molecule has 0 saturated heterocycles. The molecule has 0 aliphatic carbocycles. The molecular formula is C19H17FN2O2. The fraction of sp³-hybridized carbons (Fsp3) is 0.158. The van der Waals surface area contributed by atoms with Crippen molar-refractivity contribution >= 4 is 28.2 Å². The Bertz CT molecular complexity index is 892. The summed E-state index contributed by atoms with van der Waals surface area (Å²) in [6.45, 7) is 3.99. The van der Waals surface area contributed by atoms with Crippen LogP contribution >= 0.6 is 0 Å². The molecule has 0 bridgehead atoms. The Morgan fingerprint density at radius 3 is 2.62 bits per heavy atom. The van der Waals surface area contributed by atoms with E-state index in [1.165, 1.54) is 12.1 Å². The third-order valence-corrected chi connectivity index (χ3v) is 3.57. The van der Waals surface area contributed by atoms with Crippen LogP contribution in [0.4, 0.5) is 15.8 Å². The fourth-order valence-corrected chi connectivity index (χ4v) is 2.49. The summed E-state index contributed by atoms with van der Waals surface area (Å²) in [6.07, 6.45) is 0. The Labute approximate surface area is 139 Å². The number of carbonyl (C=O) groups excluding carboxylic acids is 1. The summed E-state index contributed by atoms with van der Waals surface area (Å²) in [5, 5.41) is 3.96. The molecule has 2 aromatic carbocycles. The van der Waals surface area contributed by atoms with E-state index in [0.29, 0.717) is 17.6 Å². The number of benzene rings is 2. The van der Waals surface area contributed by atoms with Crippen molar-refractivity contribution in [3.8, 4) is 0 Å². The molecule has 0 unspecified atom stereocenters. The molecular weight excluding hydrogens is 307 g/mol. The van der Waals surface area contributed by atoms with Crippen LogP contribution in [0.1, 0.15) is 23.0 Å². The number of esters is 1. The minimum atomic E-state index is -0.351. The second-order valence-electron chi connectivity index (χ2n) is 5.40. The van der Waals surface area contributed by atoms with Gasteiger partial charge in [-0.2, -0.15) is 0 Å². The van der Waals surface area contributed by atoms with Crippen LogP contribution in [-0.2, 0) is 4.74 Å². The molecule has 5 heteroatoms. The number of anilines is 2. The first-order chi connectivity index (χ1) is 11.6. The fourth-order valence-electron chi connectivity index (χ4n) is 2.49. The Morgan fingerprint density at radius 1 is 1.17 bits per heavy atom. The lowest BCUT2D eigenvalue weighted by Crippen LogP contribution is -2.04. The molecule has 3 rings (SSSR count). The van der Waals surface area contributed by atoms with Gasteiger partial charge in [-0.1, -0.05) is 0 Å². The topological polar surface area (TPSA) is 51.2 Å². The predicted molar refractivity (Wildman–Crippen MR) is 92.1 cm³/mol. The minimum absolute atomic E-state index is 0.311. The van der Waals surface area contributed by atoms with Crippen molar-refractivity contribution in [2.75, 3.05) is 11.9 Å². The van der Waals surface area contributed by atoms with Crippen LogP contribution in [0.3, 0.4) is 0 Å². The first-order valence-electron chi connectivity index (χ1n) is 7.68. The summed E-state index contributed by atoms with van der Waals surface area (Å²) in [4.78, 5) is 16.1. The molecule has 0 aliphatic heterocycles. The first-order valence-corrected chi connectivity index (χ1v) is 7.68. The van der Waals surface area contributed by atoms with E-state index in [9.17, 15) is 9.18 Å². The van der Waals surface area contributed by atoms with Crippen LogP contribution < -0.4 is 5.32 Å². The van der Waals surface area contributed by atoms with Crippen molar-refractivity contribution in [1.29, 1.82) is 0 Å². The largest absolute Gasteiger partial charge is 0.462 e. The number of ether oxygens (including phenoxy) is 1. The van der Waals surface area contributed by atoms with E-state index in [1.807, 2.05) is 13.0 Å². The number of pyridine rings is 1. The highest BCUT2D eigenvalue weighted by atomic mass is 19.1. The summed E-state index contributed by atoms with van der Waals surface area (Å²) < 4.78 is 18.5. The summed E-state index contributed by atoms with van der Waals surface area (Å²) in [6, 6.07) is 13.3. The number of nitrogens with zero attached hydrogens (tertiary/aromatic N) is 1. The highest BCUT2D eigenvalue weighted by Crippen LogP contribution is 2.27. The molecule has 0 fully saturated rings. The van der Waals surface area contributed by atoms with Crippen LogP contribution in [-0.4, -0.2) is 17.6 Å². The maximum absolute atomic E-state index is 13.6. The van der Waals surface area contributed by atoms with Gasteiger partial charge < -0.3 is 10.1 Å². The third kappa shape index (κ3) is 3.35. The molecule has 0 atom stereocenters. The van der Waals surface area contributed by atoms with Crippen LogP contribution in [0.25, 0.3) is 10.9 Å². The number of fused-ring (bicyclic) bond motifs is 1. The van der Waals surface area contributed by atoms with Gasteiger partial charge in [-0.05, 0) is 62.4 Å².